The molecule has 3 aromatic heterocycles. The number of ether oxygens (including phenoxy) is 1. The number of fused-ring (bicyclic) bond motifs is 1. The Morgan fingerprint density at radius 2 is 1.93 bits per heavy atom. The van der Waals surface area contributed by atoms with Gasteiger partial charge in [-0.25, -0.2) is 18.1 Å². The second-order valence-corrected chi connectivity index (χ2v) is 8.38. The number of rotatable bonds is 6. The van der Waals surface area contributed by atoms with Crippen LogP contribution < -0.4 is 9.46 Å². The van der Waals surface area contributed by atoms with Crippen LogP contribution in [-0.4, -0.2) is 45.2 Å². The number of aliphatic hydroxyl groups is 1. The highest BCUT2D eigenvalue weighted by Crippen LogP contribution is 2.34. The summed E-state index contributed by atoms with van der Waals surface area (Å²) in [5, 5.41) is 18.7. The number of methoxy groups -OCH3 is 1. The Labute approximate surface area is 172 Å². The van der Waals surface area contributed by atoms with Gasteiger partial charge in [0.2, 0.25) is 0 Å². The van der Waals surface area contributed by atoms with E-state index in [-0.39, 0.29) is 4.90 Å². The van der Waals surface area contributed by atoms with Crippen molar-refractivity contribution in [2.24, 2.45) is 7.05 Å². The molecule has 3 heterocycles. The van der Waals surface area contributed by atoms with Crippen molar-refractivity contribution in [2.75, 3.05) is 11.8 Å². The van der Waals surface area contributed by atoms with Gasteiger partial charge in [-0.1, -0.05) is 0 Å². The summed E-state index contributed by atoms with van der Waals surface area (Å²) in [5.41, 5.74) is 1.53. The maximum atomic E-state index is 13.0. The van der Waals surface area contributed by atoms with Crippen LogP contribution in [-0.2, 0) is 17.1 Å². The van der Waals surface area contributed by atoms with Crippen LogP contribution in [0.5, 0.6) is 5.75 Å². The zero-order chi connectivity index (χ0) is 21.5. The van der Waals surface area contributed by atoms with Gasteiger partial charge in [0.25, 0.3) is 10.0 Å². The Morgan fingerprint density at radius 1 is 1.13 bits per heavy atom. The zero-order valence-electron chi connectivity index (χ0n) is 16.5. The molecule has 0 spiro atoms. The molecule has 0 bridgehead atoms. The summed E-state index contributed by atoms with van der Waals surface area (Å²) < 4.78 is 37.0. The zero-order valence-corrected chi connectivity index (χ0v) is 17.3. The van der Waals surface area contributed by atoms with Gasteiger partial charge >= 0.3 is 0 Å². The third kappa shape index (κ3) is 3.48. The highest BCUT2D eigenvalue weighted by atomic mass is 32.2. The smallest absolute Gasteiger partial charge is 0.263 e. The number of hydrogen-bond donors (Lipinski definition) is 2. The van der Waals surface area contributed by atoms with E-state index in [1.54, 1.807) is 43.2 Å². The van der Waals surface area contributed by atoms with E-state index in [0.29, 0.717) is 28.3 Å². The molecule has 30 heavy (non-hydrogen) atoms. The molecular weight excluding hydrogens is 408 g/mol. The molecule has 0 saturated carbocycles. The van der Waals surface area contributed by atoms with Crippen LogP contribution in [0.15, 0.2) is 53.9 Å². The van der Waals surface area contributed by atoms with Crippen LogP contribution in [0.25, 0.3) is 16.7 Å². The van der Waals surface area contributed by atoms with E-state index in [0.717, 1.165) is 5.39 Å². The summed E-state index contributed by atoms with van der Waals surface area (Å²) in [4.78, 5) is 4.17. The number of hydrogen-bond acceptors (Lipinski definition) is 7. The maximum absolute atomic E-state index is 13.0. The first-order valence-electron chi connectivity index (χ1n) is 9.01. The fraction of sp³-hybridized carbons (Fsp3) is 0.211. The van der Waals surface area contributed by atoms with Crippen molar-refractivity contribution < 1.29 is 18.3 Å². The fourth-order valence-electron chi connectivity index (χ4n) is 3.05. The lowest BCUT2D eigenvalue weighted by Crippen LogP contribution is -2.15. The summed E-state index contributed by atoms with van der Waals surface area (Å²) in [7, 11) is -0.749. The molecule has 0 saturated heterocycles. The minimum absolute atomic E-state index is 0.0182. The van der Waals surface area contributed by atoms with Gasteiger partial charge in [0.1, 0.15) is 16.3 Å². The standard InChI is InChI=1S/C19H20N6O4S/c1-12(26)14-9-22-25(11-14)17-7-5-15(10-20-17)30(27,28)23-18-16(29-3)6-4-13-8-21-24(2)19(13)18/h4-12,23,26H,1-3H3. The lowest BCUT2D eigenvalue weighted by Gasteiger charge is -2.14. The molecule has 2 N–H and O–H groups in total. The Morgan fingerprint density at radius 3 is 2.57 bits per heavy atom. The van der Waals surface area contributed by atoms with Crippen molar-refractivity contribution in [3.63, 3.8) is 0 Å². The molecule has 11 heteroatoms. The molecule has 1 unspecified atom stereocenters. The van der Waals surface area contributed by atoms with Crippen molar-refractivity contribution >= 4 is 26.6 Å². The number of aliphatic hydroxyl groups excluding tert-OH is 1. The van der Waals surface area contributed by atoms with Gasteiger partial charge in [-0.3, -0.25) is 9.40 Å². The van der Waals surface area contributed by atoms with Crippen LogP contribution in [0.3, 0.4) is 0 Å². The molecule has 4 rings (SSSR count). The van der Waals surface area contributed by atoms with Crippen LogP contribution in [0, 0.1) is 0 Å². The quantitative estimate of drug-likeness (QED) is 0.481. The van der Waals surface area contributed by atoms with Crippen molar-refractivity contribution in [3.05, 3.63) is 54.6 Å². The molecule has 0 radical (unpaired) electrons. The number of anilines is 1. The molecule has 1 aromatic carbocycles. The summed E-state index contributed by atoms with van der Waals surface area (Å²) >= 11 is 0. The molecule has 0 amide bonds. The van der Waals surface area contributed by atoms with Crippen molar-refractivity contribution in [1.82, 2.24) is 24.5 Å². The van der Waals surface area contributed by atoms with Crippen molar-refractivity contribution in [3.8, 4) is 11.6 Å². The van der Waals surface area contributed by atoms with E-state index < -0.39 is 16.1 Å². The van der Waals surface area contributed by atoms with Crippen LogP contribution in [0.4, 0.5) is 5.69 Å². The molecule has 0 aliphatic heterocycles. The first kappa shape index (κ1) is 19.9. The molecule has 156 valence electrons. The summed E-state index contributed by atoms with van der Waals surface area (Å²) in [5.74, 6) is 0.800. The number of sulfonamides is 1. The van der Waals surface area contributed by atoms with Gasteiger partial charge in [0.05, 0.1) is 31.1 Å². The van der Waals surface area contributed by atoms with Gasteiger partial charge in [0.15, 0.2) is 5.82 Å². The van der Waals surface area contributed by atoms with Gasteiger partial charge in [0, 0.05) is 30.4 Å². The number of nitrogens with zero attached hydrogens (tertiary/aromatic N) is 5. The Kier molecular flexibility index (Phi) is 4.92. The Balaban J connectivity index is 1.68. The van der Waals surface area contributed by atoms with Crippen LogP contribution in [0.1, 0.15) is 18.6 Å². The third-order valence-electron chi connectivity index (χ3n) is 4.67. The van der Waals surface area contributed by atoms with Crippen LogP contribution in [0.2, 0.25) is 0 Å². The number of pyridine rings is 1. The van der Waals surface area contributed by atoms with E-state index in [4.69, 9.17) is 4.74 Å². The monoisotopic (exact) mass is 428 g/mol. The molecule has 4 aromatic rings. The van der Waals surface area contributed by atoms with E-state index in [9.17, 15) is 13.5 Å². The van der Waals surface area contributed by atoms with Gasteiger partial charge in [-0.2, -0.15) is 10.2 Å². The summed E-state index contributed by atoms with van der Waals surface area (Å²) in [6, 6.07) is 6.46. The third-order valence-corrected chi connectivity index (χ3v) is 6.01. The molecule has 0 aliphatic carbocycles. The molecule has 10 nitrogen and oxygen atoms in total. The second-order valence-electron chi connectivity index (χ2n) is 6.70. The number of aromatic nitrogens is 5. The second kappa shape index (κ2) is 7.43. The lowest BCUT2D eigenvalue weighted by molar-refractivity contribution is 0.199. The molecule has 0 fully saturated rings. The molecule has 0 aliphatic rings. The Bertz CT molecular complexity index is 1310. The van der Waals surface area contributed by atoms with E-state index in [1.165, 1.54) is 36.3 Å². The van der Waals surface area contributed by atoms with Gasteiger partial charge in [-0.05, 0) is 31.2 Å². The highest BCUT2D eigenvalue weighted by Gasteiger charge is 2.21. The van der Waals surface area contributed by atoms with Gasteiger partial charge < -0.3 is 9.84 Å². The summed E-state index contributed by atoms with van der Waals surface area (Å²) in [6.45, 7) is 1.63. The summed E-state index contributed by atoms with van der Waals surface area (Å²) in [6.07, 6.45) is 5.39. The number of benzene rings is 1. The average molecular weight is 428 g/mol. The van der Waals surface area contributed by atoms with Crippen LogP contribution >= 0.6 is 0 Å². The maximum Gasteiger partial charge on any atom is 0.263 e. The highest BCUT2D eigenvalue weighted by molar-refractivity contribution is 7.92. The SMILES string of the molecule is COc1ccc2cnn(C)c2c1NS(=O)(=O)c1ccc(-n2cc(C(C)O)cn2)nc1. The van der Waals surface area contributed by atoms with E-state index in [2.05, 4.69) is 19.9 Å². The minimum Gasteiger partial charge on any atom is -0.494 e. The average Bonchev–Trinajstić information content (AvgIpc) is 3.36. The normalized spacial score (nSPS) is 12.8. The molecule has 1 atom stereocenters. The van der Waals surface area contributed by atoms with Crippen molar-refractivity contribution in [1.29, 1.82) is 0 Å². The lowest BCUT2D eigenvalue weighted by atomic mass is 10.2. The molecular formula is C19H20N6O4S. The van der Waals surface area contributed by atoms with Crippen molar-refractivity contribution in [2.45, 2.75) is 17.9 Å². The first-order chi connectivity index (χ1) is 14.3. The largest absolute Gasteiger partial charge is 0.494 e. The minimum atomic E-state index is -3.94. The topological polar surface area (TPSA) is 124 Å². The van der Waals surface area contributed by atoms with E-state index >= 15 is 0 Å². The number of aryl methyl sites for hydroxylation is 1. The first-order valence-corrected chi connectivity index (χ1v) is 10.5. The fourth-order valence-corrected chi connectivity index (χ4v) is 4.08. The Hall–Kier alpha value is -3.44. The van der Waals surface area contributed by atoms with Gasteiger partial charge in [-0.15, -0.1) is 0 Å². The predicted octanol–water partition coefficient (Wildman–Crippen LogP) is 2.02. The number of nitrogens with one attached hydrogen (secondary N) is 1. The van der Waals surface area contributed by atoms with E-state index in [1.807, 2.05) is 0 Å². The predicted molar refractivity (Wildman–Crippen MR) is 110 cm³/mol.